The molecule has 3 rings (SSSR count). The normalized spacial score (nSPS) is 18.1. The highest BCUT2D eigenvalue weighted by molar-refractivity contribution is 6.29. The zero-order chi connectivity index (χ0) is 11.0. The number of hydrogen-bond acceptors (Lipinski definition) is 2. The molecule has 4 heteroatoms. The van der Waals surface area contributed by atoms with Crippen LogP contribution < -0.4 is 5.32 Å². The molecule has 0 radical (unpaired) electrons. The maximum absolute atomic E-state index is 6.12. The van der Waals surface area contributed by atoms with Crippen LogP contribution in [0.3, 0.4) is 0 Å². The van der Waals surface area contributed by atoms with Crippen molar-refractivity contribution in [2.45, 2.75) is 18.8 Å². The highest BCUT2D eigenvalue weighted by Crippen LogP contribution is 2.25. The van der Waals surface area contributed by atoms with Crippen LogP contribution in [-0.2, 0) is 0 Å². The Hall–Kier alpha value is -1.06. The summed E-state index contributed by atoms with van der Waals surface area (Å²) in [6.07, 6.45) is 4.41. The second kappa shape index (κ2) is 4.07. The van der Waals surface area contributed by atoms with Gasteiger partial charge in [-0.15, -0.1) is 0 Å². The van der Waals surface area contributed by atoms with Gasteiger partial charge in [-0.3, -0.25) is 4.40 Å². The summed E-state index contributed by atoms with van der Waals surface area (Å²) in [4.78, 5) is 4.65. The minimum atomic E-state index is 0.581. The predicted molar refractivity (Wildman–Crippen MR) is 65.0 cm³/mol. The lowest BCUT2D eigenvalue weighted by Crippen LogP contribution is -2.26. The van der Waals surface area contributed by atoms with Gasteiger partial charge in [0.15, 0.2) is 0 Å². The topological polar surface area (TPSA) is 29.3 Å². The molecule has 1 saturated heterocycles. The molecule has 0 unspecified atom stereocenters. The van der Waals surface area contributed by atoms with Crippen LogP contribution in [0, 0.1) is 0 Å². The lowest BCUT2D eigenvalue weighted by atomic mass is 9.95. The molecular weight excluding hydrogens is 222 g/mol. The minimum absolute atomic E-state index is 0.581. The molecule has 0 spiro atoms. The number of hydrogen-bond donors (Lipinski definition) is 1. The van der Waals surface area contributed by atoms with Crippen LogP contribution >= 0.6 is 11.6 Å². The monoisotopic (exact) mass is 235 g/mol. The highest BCUT2D eigenvalue weighted by atomic mass is 35.5. The van der Waals surface area contributed by atoms with Gasteiger partial charge in [0.25, 0.3) is 0 Å². The van der Waals surface area contributed by atoms with Crippen molar-refractivity contribution < 1.29 is 0 Å². The van der Waals surface area contributed by atoms with Crippen LogP contribution in [0.4, 0.5) is 0 Å². The third-order valence-corrected chi connectivity index (χ3v) is 3.53. The van der Waals surface area contributed by atoms with Gasteiger partial charge in [0.05, 0.1) is 5.69 Å². The largest absolute Gasteiger partial charge is 0.317 e. The summed E-state index contributed by atoms with van der Waals surface area (Å²) < 4.78 is 1.96. The van der Waals surface area contributed by atoms with Crippen molar-refractivity contribution >= 4 is 17.2 Å². The lowest BCUT2D eigenvalue weighted by molar-refractivity contribution is 0.454. The first-order chi connectivity index (χ1) is 7.84. The summed E-state index contributed by atoms with van der Waals surface area (Å²) in [6.45, 7) is 2.18. The van der Waals surface area contributed by atoms with Gasteiger partial charge in [-0.05, 0) is 38.1 Å². The van der Waals surface area contributed by atoms with E-state index >= 15 is 0 Å². The Bertz CT molecular complexity index is 500. The molecule has 0 aromatic carbocycles. The summed E-state index contributed by atoms with van der Waals surface area (Å²) in [5, 5.41) is 4.10. The number of piperidine rings is 1. The number of aromatic nitrogens is 2. The summed E-state index contributed by atoms with van der Waals surface area (Å²) in [6, 6.07) is 5.83. The molecule has 1 aliphatic heterocycles. The van der Waals surface area contributed by atoms with Crippen LogP contribution in [0.25, 0.3) is 5.65 Å². The van der Waals surface area contributed by atoms with Crippen LogP contribution in [-0.4, -0.2) is 22.5 Å². The van der Waals surface area contributed by atoms with Crippen molar-refractivity contribution in [3.63, 3.8) is 0 Å². The molecular formula is C12H14ClN3. The number of pyridine rings is 1. The maximum atomic E-state index is 6.12. The quantitative estimate of drug-likeness (QED) is 0.770. The van der Waals surface area contributed by atoms with E-state index in [0.29, 0.717) is 5.92 Å². The van der Waals surface area contributed by atoms with Gasteiger partial charge in [0, 0.05) is 12.1 Å². The van der Waals surface area contributed by atoms with Gasteiger partial charge >= 0.3 is 0 Å². The van der Waals surface area contributed by atoms with Gasteiger partial charge in [-0.2, -0.15) is 0 Å². The lowest BCUT2D eigenvalue weighted by Gasteiger charge is -2.20. The van der Waals surface area contributed by atoms with Gasteiger partial charge in [0.2, 0.25) is 0 Å². The zero-order valence-electron chi connectivity index (χ0n) is 8.99. The molecule has 0 amide bonds. The van der Waals surface area contributed by atoms with E-state index in [2.05, 4.69) is 16.5 Å². The second-order valence-electron chi connectivity index (χ2n) is 4.27. The zero-order valence-corrected chi connectivity index (χ0v) is 9.74. The van der Waals surface area contributed by atoms with Crippen molar-refractivity contribution in [1.82, 2.24) is 14.7 Å². The molecule has 1 fully saturated rings. The van der Waals surface area contributed by atoms with Crippen LogP contribution in [0.15, 0.2) is 24.4 Å². The molecule has 84 valence electrons. The Morgan fingerprint density at radius 3 is 2.88 bits per heavy atom. The third kappa shape index (κ3) is 1.70. The van der Waals surface area contributed by atoms with Crippen molar-refractivity contribution in [2.24, 2.45) is 0 Å². The van der Waals surface area contributed by atoms with Gasteiger partial charge in [-0.1, -0.05) is 17.7 Å². The second-order valence-corrected chi connectivity index (χ2v) is 4.65. The van der Waals surface area contributed by atoms with Crippen molar-refractivity contribution in [3.05, 3.63) is 35.2 Å². The van der Waals surface area contributed by atoms with E-state index in [1.807, 2.05) is 22.6 Å². The van der Waals surface area contributed by atoms with Crippen LogP contribution in [0.1, 0.15) is 24.5 Å². The molecule has 0 aliphatic carbocycles. The first kappa shape index (κ1) is 10.1. The number of nitrogens with one attached hydrogen (secondary N) is 1. The summed E-state index contributed by atoms with van der Waals surface area (Å²) in [7, 11) is 0. The minimum Gasteiger partial charge on any atom is -0.317 e. The van der Waals surface area contributed by atoms with E-state index in [1.165, 1.54) is 18.5 Å². The predicted octanol–water partition coefficient (Wildman–Crippen LogP) is 2.45. The van der Waals surface area contributed by atoms with Crippen molar-refractivity contribution in [3.8, 4) is 0 Å². The Balaban J connectivity index is 2.01. The number of imidazole rings is 1. The fourth-order valence-electron chi connectivity index (χ4n) is 2.31. The molecule has 0 bridgehead atoms. The number of nitrogens with zero attached hydrogens (tertiary/aromatic N) is 2. The van der Waals surface area contributed by atoms with E-state index < -0.39 is 0 Å². The molecule has 1 aliphatic rings. The Morgan fingerprint density at radius 2 is 2.12 bits per heavy atom. The number of halogens is 1. The van der Waals surface area contributed by atoms with E-state index in [0.717, 1.165) is 23.9 Å². The molecule has 0 atom stereocenters. The Labute approximate surface area is 99.4 Å². The van der Waals surface area contributed by atoms with E-state index in [4.69, 9.17) is 11.6 Å². The first-order valence-corrected chi connectivity index (χ1v) is 6.06. The molecule has 2 aromatic heterocycles. The third-order valence-electron chi connectivity index (χ3n) is 3.22. The van der Waals surface area contributed by atoms with Gasteiger partial charge in [0.1, 0.15) is 10.8 Å². The first-order valence-electron chi connectivity index (χ1n) is 5.69. The maximum Gasteiger partial charge on any atom is 0.138 e. The molecule has 3 nitrogen and oxygen atoms in total. The molecule has 2 aromatic rings. The summed E-state index contributed by atoms with van der Waals surface area (Å²) in [5.74, 6) is 0.581. The van der Waals surface area contributed by atoms with Gasteiger partial charge < -0.3 is 5.32 Å². The fraction of sp³-hybridized carbons (Fsp3) is 0.417. The smallest absolute Gasteiger partial charge is 0.138 e. The molecule has 3 heterocycles. The standard InChI is InChI=1S/C12H14ClN3/c13-11-2-1-3-12-15-10(8-16(11)12)9-4-6-14-7-5-9/h1-3,8-9,14H,4-7H2. The van der Waals surface area contributed by atoms with Gasteiger partial charge in [-0.25, -0.2) is 4.98 Å². The number of rotatable bonds is 1. The Kier molecular flexibility index (Phi) is 2.58. The van der Waals surface area contributed by atoms with E-state index in [-0.39, 0.29) is 0 Å². The molecule has 1 N–H and O–H groups in total. The Morgan fingerprint density at radius 1 is 1.31 bits per heavy atom. The summed E-state index contributed by atoms with van der Waals surface area (Å²) >= 11 is 6.12. The number of fused-ring (bicyclic) bond motifs is 1. The SMILES string of the molecule is Clc1cccc2nc(C3CCNCC3)cn12. The molecule has 16 heavy (non-hydrogen) atoms. The van der Waals surface area contributed by atoms with Crippen molar-refractivity contribution in [2.75, 3.05) is 13.1 Å². The molecule has 0 saturated carbocycles. The van der Waals surface area contributed by atoms with E-state index in [9.17, 15) is 0 Å². The average Bonchev–Trinajstić information content (AvgIpc) is 2.76. The van der Waals surface area contributed by atoms with Crippen molar-refractivity contribution in [1.29, 1.82) is 0 Å². The van der Waals surface area contributed by atoms with E-state index in [1.54, 1.807) is 0 Å². The average molecular weight is 236 g/mol. The fourth-order valence-corrected chi connectivity index (χ4v) is 2.52. The van der Waals surface area contributed by atoms with Crippen LogP contribution in [0.5, 0.6) is 0 Å². The summed E-state index contributed by atoms with van der Waals surface area (Å²) in [5.41, 5.74) is 2.12. The highest BCUT2D eigenvalue weighted by Gasteiger charge is 2.18. The van der Waals surface area contributed by atoms with Crippen LogP contribution in [0.2, 0.25) is 5.15 Å².